The average Bonchev–Trinajstić information content (AvgIpc) is 2.49. The van der Waals surface area contributed by atoms with Crippen molar-refractivity contribution in [2.45, 2.75) is 19.3 Å². The lowest BCUT2D eigenvalue weighted by atomic mass is 9.78. The fraction of sp³-hybridized carbons (Fsp3) is 0.158. The molecule has 2 rings (SSSR count). The Balaban J connectivity index is 2.35. The third-order valence-corrected chi connectivity index (χ3v) is 3.72. The van der Waals surface area contributed by atoms with Gasteiger partial charge in [-0.15, -0.1) is 0 Å². The molecule has 2 aromatic carbocycles. The van der Waals surface area contributed by atoms with Crippen LogP contribution in [0, 0.1) is 0 Å². The molecule has 0 N–H and O–H groups in total. The van der Waals surface area contributed by atoms with E-state index < -0.39 is 0 Å². The molecule has 2 heteroatoms. The molecule has 0 aliphatic rings. The van der Waals surface area contributed by atoms with Crippen LogP contribution in [0.2, 0.25) is 0 Å². The van der Waals surface area contributed by atoms with Crippen molar-refractivity contribution in [1.82, 2.24) is 0 Å². The predicted molar refractivity (Wildman–Crippen MR) is 85.3 cm³/mol. The molecule has 21 heavy (non-hydrogen) atoms. The molecular weight excluding hydrogens is 260 g/mol. The highest BCUT2D eigenvalue weighted by molar-refractivity contribution is 5.75. The summed E-state index contributed by atoms with van der Waals surface area (Å²) in [6, 6.07) is 15.7. The van der Waals surface area contributed by atoms with Gasteiger partial charge in [-0.2, -0.15) is 0 Å². The van der Waals surface area contributed by atoms with Crippen LogP contribution in [0.4, 0.5) is 0 Å². The summed E-state index contributed by atoms with van der Waals surface area (Å²) in [5.74, 6) is 3.56. The van der Waals surface area contributed by atoms with Crippen molar-refractivity contribution in [3.63, 3.8) is 0 Å². The summed E-state index contributed by atoms with van der Waals surface area (Å²) in [5, 5.41) is 0. The average molecular weight is 276 g/mol. The topological polar surface area (TPSA) is 34.1 Å². The summed E-state index contributed by atoms with van der Waals surface area (Å²) in [5.41, 5.74) is 3.84. The Bertz CT molecular complexity index is 646. The van der Waals surface area contributed by atoms with Gasteiger partial charge in [0.1, 0.15) is 11.9 Å². The second-order valence-corrected chi connectivity index (χ2v) is 5.39. The smallest absolute Gasteiger partial charge is 0.125 e. The largest absolute Gasteiger partial charge is 0.233 e. The minimum absolute atomic E-state index is 0.160. The van der Waals surface area contributed by atoms with Crippen LogP contribution in [0.3, 0.4) is 0 Å². The fourth-order valence-electron chi connectivity index (χ4n) is 2.29. The Labute approximate surface area is 124 Å². The van der Waals surface area contributed by atoms with Gasteiger partial charge in [-0.3, -0.25) is 0 Å². The first-order valence-corrected chi connectivity index (χ1v) is 6.71. The standard InChI is InChI=1S/C19H16O2/c1-19(2,17-7-3-15(4-8-17)11-13-20)18-9-5-16(6-10-18)12-14-21/h3-12H,1-2H3. The van der Waals surface area contributed by atoms with Crippen molar-refractivity contribution < 1.29 is 9.59 Å². The molecule has 0 unspecified atom stereocenters. The predicted octanol–water partition coefficient (Wildman–Crippen LogP) is 3.70. The SMILES string of the molecule is CC(C)(c1ccc(C=C=O)cc1)c1ccc(C=C=O)cc1. The van der Waals surface area contributed by atoms with E-state index in [-0.39, 0.29) is 5.41 Å². The Morgan fingerprint density at radius 1 is 0.714 bits per heavy atom. The number of hydrogen-bond acceptors (Lipinski definition) is 2. The van der Waals surface area contributed by atoms with Crippen molar-refractivity contribution in [2.24, 2.45) is 0 Å². The normalized spacial score (nSPS) is 10.4. The van der Waals surface area contributed by atoms with Gasteiger partial charge in [0.2, 0.25) is 0 Å². The second kappa shape index (κ2) is 6.19. The second-order valence-electron chi connectivity index (χ2n) is 5.39. The van der Waals surface area contributed by atoms with Gasteiger partial charge in [-0.25, -0.2) is 9.59 Å². The highest BCUT2D eigenvalue weighted by Gasteiger charge is 2.22. The van der Waals surface area contributed by atoms with E-state index >= 15 is 0 Å². The molecule has 0 bridgehead atoms. The lowest BCUT2D eigenvalue weighted by Gasteiger charge is -2.26. The molecule has 0 amide bonds. The summed E-state index contributed by atoms with van der Waals surface area (Å²) >= 11 is 0. The molecule has 0 atom stereocenters. The fourth-order valence-corrected chi connectivity index (χ4v) is 2.29. The third-order valence-electron chi connectivity index (χ3n) is 3.72. The molecular formula is C19H16O2. The Kier molecular flexibility index (Phi) is 4.35. The van der Waals surface area contributed by atoms with Gasteiger partial charge >= 0.3 is 0 Å². The Morgan fingerprint density at radius 2 is 1.05 bits per heavy atom. The summed E-state index contributed by atoms with van der Waals surface area (Å²) in [4.78, 5) is 20.7. The van der Waals surface area contributed by atoms with Gasteiger partial charge < -0.3 is 0 Å². The molecule has 0 saturated heterocycles. The van der Waals surface area contributed by atoms with Crippen LogP contribution in [0.5, 0.6) is 0 Å². The van der Waals surface area contributed by atoms with E-state index in [4.69, 9.17) is 0 Å². The van der Waals surface area contributed by atoms with E-state index in [9.17, 15) is 9.59 Å². The Hall–Kier alpha value is -2.66. The molecule has 0 radical (unpaired) electrons. The van der Waals surface area contributed by atoms with E-state index in [1.54, 1.807) is 11.9 Å². The summed E-state index contributed by atoms with van der Waals surface area (Å²) < 4.78 is 0. The van der Waals surface area contributed by atoms with Crippen LogP contribution >= 0.6 is 0 Å². The zero-order chi connectivity index (χ0) is 15.3. The van der Waals surface area contributed by atoms with Gasteiger partial charge in [0.25, 0.3) is 0 Å². The van der Waals surface area contributed by atoms with Gasteiger partial charge in [0.05, 0.1) is 0 Å². The molecule has 2 nitrogen and oxygen atoms in total. The van der Waals surface area contributed by atoms with E-state index in [0.717, 1.165) is 22.3 Å². The van der Waals surface area contributed by atoms with Crippen molar-refractivity contribution in [2.75, 3.05) is 0 Å². The third kappa shape index (κ3) is 3.27. The van der Waals surface area contributed by atoms with Crippen LogP contribution in [-0.2, 0) is 15.0 Å². The van der Waals surface area contributed by atoms with Crippen LogP contribution < -0.4 is 0 Å². The maximum absolute atomic E-state index is 10.4. The summed E-state index contributed by atoms with van der Waals surface area (Å²) in [6.07, 6.45) is 2.83. The minimum Gasteiger partial charge on any atom is -0.233 e. The highest BCUT2D eigenvalue weighted by Crippen LogP contribution is 2.31. The maximum Gasteiger partial charge on any atom is 0.125 e. The van der Waals surface area contributed by atoms with E-state index in [2.05, 4.69) is 13.8 Å². The minimum atomic E-state index is -0.160. The van der Waals surface area contributed by atoms with Crippen molar-refractivity contribution in [3.05, 3.63) is 70.8 Å². The first-order chi connectivity index (χ1) is 10.1. The molecule has 0 heterocycles. The molecule has 0 fully saturated rings. The number of benzene rings is 2. The van der Waals surface area contributed by atoms with Crippen molar-refractivity contribution >= 4 is 24.0 Å². The zero-order valence-corrected chi connectivity index (χ0v) is 12.1. The molecule has 2 aromatic rings. The molecule has 0 aliphatic carbocycles. The molecule has 0 saturated carbocycles. The number of carbonyl (C=O) groups excluding carboxylic acids is 2. The van der Waals surface area contributed by atoms with E-state index in [1.807, 2.05) is 48.5 Å². The van der Waals surface area contributed by atoms with Crippen LogP contribution in [0.25, 0.3) is 12.2 Å². The van der Waals surface area contributed by atoms with Gasteiger partial charge in [-0.1, -0.05) is 62.4 Å². The molecule has 0 aliphatic heterocycles. The maximum atomic E-state index is 10.4. The van der Waals surface area contributed by atoms with E-state index in [1.165, 1.54) is 12.2 Å². The zero-order valence-electron chi connectivity index (χ0n) is 12.1. The first kappa shape index (κ1) is 14.7. The Morgan fingerprint density at radius 3 is 1.33 bits per heavy atom. The van der Waals surface area contributed by atoms with Crippen molar-refractivity contribution in [3.8, 4) is 0 Å². The molecule has 0 aromatic heterocycles. The van der Waals surface area contributed by atoms with Crippen LogP contribution in [0.1, 0.15) is 36.1 Å². The molecule has 104 valence electrons. The molecule has 0 spiro atoms. The van der Waals surface area contributed by atoms with Crippen molar-refractivity contribution in [1.29, 1.82) is 0 Å². The van der Waals surface area contributed by atoms with Gasteiger partial charge in [-0.05, 0) is 22.3 Å². The quantitative estimate of drug-likeness (QED) is 0.798. The van der Waals surface area contributed by atoms with E-state index in [0.29, 0.717) is 0 Å². The lowest BCUT2D eigenvalue weighted by Crippen LogP contribution is -2.18. The van der Waals surface area contributed by atoms with Gasteiger partial charge in [0.15, 0.2) is 0 Å². The number of hydrogen-bond donors (Lipinski definition) is 0. The monoisotopic (exact) mass is 276 g/mol. The van der Waals surface area contributed by atoms with Gasteiger partial charge in [0, 0.05) is 17.6 Å². The summed E-state index contributed by atoms with van der Waals surface area (Å²) in [6.45, 7) is 4.28. The van der Waals surface area contributed by atoms with Crippen LogP contribution in [0.15, 0.2) is 48.5 Å². The number of rotatable bonds is 4. The summed E-state index contributed by atoms with van der Waals surface area (Å²) in [7, 11) is 0. The van der Waals surface area contributed by atoms with Crippen LogP contribution in [-0.4, -0.2) is 11.9 Å². The first-order valence-electron chi connectivity index (χ1n) is 6.71. The lowest BCUT2D eigenvalue weighted by molar-refractivity contribution is 0.569. The highest BCUT2D eigenvalue weighted by atomic mass is 16.1.